The predicted molar refractivity (Wildman–Crippen MR) is 114 cm³/mol. The summed E-state index contributed by atoms with van der Waals surface area (Å²) < 4.78 is 8.33. The Morgan fingerprint density at radius 1 is 1.25 bits per heavy atom. The zero-order chi connectivity index (χ0) is 20.3. The zero-order valence-electron chi connectivity index (χ0n) is 14.9. The van der Waals surface area contributed by atoms with E-state index in [0.29, 0.717) is 41.2 Å². The summed E-state index contributed by atoms with van der Waals surface area (Å²) in [6.45, 7) is 0.524. The third kappa shape index (κ3) is 4.11. The number of methoxy groups -OCH3 is 1. The van der Waals surface area contributed by atoms with Gasteiger partial charge in [0.15, 0.2) is 0 Å². The highest BCUT2D eigenvalue weighted by atomic mass is 79.9. The Morgan fingerprint density at radius 2 is 1.96 bits per heavy atom. The van der Waals surface area contributed by atoms with Crippen LogP contribution in [0.1, 0.15) is 21.5 Å². The monoisotopic (exact) mass is 502 g/mol. The lowest BCUT2D eigenvalue weighted by atomic mass is 10.1. The molecule has 28 heavy (non-hydrogen) atoms. The van der Waals surface area contributed by atoms with Gasteiger partial charge in [0.1, 0.15) is 23.1 Å². The molecule has 0 aliphatic carbocycles. The van der Waals surface area contributed by atoms with Crippen LogP contribution in [0.4, 0.5) is 5.82 Å². The lowest BCUT2D eigenvalue weighted by Gasteiger charge is -2.07. The molecule has 0 bridgehead atoms. The number of ether oxygens (including phenoxy) is 1. The van der Waals surface area contributed by atoms with Crippen LogP contribution in [0.15, 0.2) is 51.4 Å². The Hall–Kier alpha value is -2.63. The fourth-order valence-electron chi connectivity index (χ4n) is 2.80. The maximum Gasteiger partial charge on any atom is 0.337 e. The van der Waals surface area contributed by atoms with Crippen LogP contribution < -0.4 is 5.73 Å². The van der Waals surface area contributed by atoms with Crippen molar-refractivity contribution in [2.75, 3.05) is 12.8 Å². The summed E-state index contributed by atoms with van der Waals surface area (Å²) in [6.07, 6.45) is 0.692. The average molecular weight is 504 g/mol. The Labute approximate surface area is 179 Å². The van der Waals surface area contributed by atoms with Gasteiger partial charge in [0, 0.05) is 21.1 Å². The zero-order valence-corrected chi connectivity index (χ0v) is 18.1. The van der Waals surface area contributed by atoms with Gasteiger partial charge in [0.05, 0.1) is 12.7 Å². The second-order valence-electron chi connectivity index (χ2n) is 6.00. The minimum Gasteiger partial charge on any atom is -0.465 e. The van der Waals surface area contributed by atoms with Gasteiger partial charge in [-0.25, -0.2) is 9.48 Å². The van der Waals surface area contributed by atoms with Crippen molar-refractivity contribution in [1.82, 2.24) is 9.78 Å². The van der Waals surface area contributed by atoms with Gasteiger partial charge in [-0.1, -0.05) is 44.0 Å². The van der Waals surface area contributed by atoms with E-state index in [9.17, 15) is 10.1 Å². The topological polar surface area (TPSA) is 93.9 Å². The number of carbonyl (C=O) groups excluding carboxylic acids is 1. The number of nitrogens with two attached hydrogens (primary N) is 1. The van der Waals surface area contributed by atoms with Crippen molar-refractivity contribution in [2.45, 2.75) is 13.0 Å². The second-order valence-corrected chi connectivity index (χ2v) is 7.77. The van der Waals surface area contributed by atoms with E-state index in [2.05, 4.69) is 43.0 Å². The van der Waals surface area contributed by atoms with Crippen molar-refractivity contribution < 1.29 is 9.53 Å². The molecule has 0 aliphatic rings. The fourth-order valence-corrected chi connectivity index (χ4v) is 3.65. The molecule has 0 amide bonds. The number of carbonyl (C=O) groups is 1. The molecule has 0 fully saturated rings. The van der Waals surface area contributed by atoms with Crippen LogP contribution in [0.5, 0.6) is 0 Å². The number of nitriles is 1. The smallest absolute Gasteiger partial charge is 0.337 e. The number of rotatable bonds is 5. The van der Waals surface area contributed by atoms with Crippen LogP contribution in [-0.4, -0.2) is 22.9 Å². The van der Waals surface area contributed by atoms with E-state index in [1.54, 1.807) is 28.9 Å². The van der Waals surface area contributed by atoms with E-state index >= 15 is 0 Å². The van der Waals surface area contributed by atoms with Crippen molar-refractivity contribution in [1.29, 1.82) is 5.26 Å². The largest absolute Gasteiger partial charge is 0.465 e. The quantitative estimate of drug-likeness (QED) is 0.515. The summed E-state index contributed by atoms with van der Waals surface area (Å²) in [4.78, 5) is 11.6. The highest BCUT2D eigenvalue weighted by Gasteiger charge is 2.18. The van der Waals surface area contributed by atoms with Gasteiger partial charge in [0.25, 0.3) is 0 Å². The summed E-state index contributed by atoms with van der Waals surface area (Å²) in [6, 6.07) is 14.8. The van der Waals surface area contributed by atoms with Gasteiger partial charge in [-0.3, -0.25) is 0 Å². The third-order valence-corrected chi connectivity index (χ3v) is 5.55. The van der Waals surface area contributed by atoms with Crippen LogP contribution in [0.2, 0.25) is 0 Å². The summed E-state index contributed by atoms with van der Waals surface area (Å²) in [5.74, 6) is -0.0997. The number of aromatic nitrogens is 2. The molecular formula is C20H16Br2N4O2. The molecular weight excluding hydrogens is 488 g/mol. The molecule has 0 saturated carbocycles. The van der Waals surface area contributed by atoms with Gasteiger partial charge in [0.2, 0.25) is 0 Å². The van der Waals surface area contributed by atoms with Crippen molar-refractivity contribution in [3.63, 3.8) is 0 Å². The van der Waals surface area contributed by atoms with Gasteiger partial charge in [-0.15, -0.1) is 0 Å². The molecule has 0 radical (unpaired) electrons. The fraction of sp³-hybridized carbons (Fsp3) is 0.150. The number of halogens is 2. The van der Waals surface area contributed by atoms with Crippen LogP contribution in [0, 0.1) is 11.3 Å². The molecule has 0 spiro atoms. The van der Waals surface area contributed by atoms with Gasteiger partial charge >= 0.3 is 5.97 Å². The number of benzene rings is 2. The summed E-state index contributed by atoms with van der Waals surface area (Å²) >= 11 is 7.02. The van der Waals surface area contributed by atoms with Crippen LogP contribution in [0.3, 0.4) is 0 Å². The molecule has 142 valence electrons. The maximum atomic E-state index is 11.6. The molecule has 0 atom stereocenters. The van der Waals surface area contributed by atoms with E-state index in [1.165, 1.54) is 7.11 Å². The van der Waals surface area contributed by atoms with Gasteiger partial charge in [-0.2, -0.15) is 10.4 Å². The molecule has 3 rings (SSSR count). The lowest BCUT2D eigenvalue weighted by Crippen LogP contribution is -2.07. The number of anilines is 1. The number of esters is 1. The second kappa shape index (κ2) is 8.59. The van der Waals surface area contributed by atoms with E-state index in [-0.39, 0.29) is 0 Å². The van der Waals surface area contributed by atoms with Crippen LogP contribution >= 0.6 is 31.9 Å². The highest BCUT2D eigenvalue weighted by Crippen LogP contribution is 2.28. The number of aryl methyl sites for hydroxylation is 2. The summed E-state index contributed by atoms with van der Waals surface area (Å²) in [5, 5.41) is 14.1. The minimum absolute atomic E-state index is 0.319. The molecule has 0 saturated heterocycles. The van der Waals surface area contributed by atoms with E-state index < -0.39 is 5.97 Å². The number of hydrogen-bond acceptors (Lipinski definition) is 5. The average Bonchev–Trinajstić information content (AvgIpc) is 3.03. The Balaban J connectivity index is 1.89. The lowest BCUT2D eigenvalue weighted by molar-refractivity contribution is 0.0601. The molecule has 1 heterocycles. The van der Waals surface area contributed by atoms with Crippen molar-refractivity contribution in [2.24, 2.45) is 0 Å². The van der Waals surface area contributed by atoms with Crippen molar-refractivity contribution in [3.8, 4) is 17.3 Å². The number of nitrogens with zero attached hydrogens (tertiary/aromatic N) is 3. The maximum absolute atomic E-state index is 11.6. The molecule has 3 aromatic rings. The van der Waals surface area contributed by atoms with E-state index in [4.69, 9.17) is 10.5 Å². The molecule has 8 heteroatoms. The highest BCUT2D eigenvalue weighted by molar-refractivity contribution is 9.11. The molecule has 1 aromatic heterocycles. The SMILES string of the molecule is COC(=O)c1ccc(-c2nn(CCc3cc(Br)ccc3Br)c(N)c2C#N)cc1. The van der Waals surface area contributed by atoms with E-state index in [1.807, 2.05) is 18.2 Å². The molecule has 2 N–H and O–H groups in total. The summed E-state index contributed by atoms with van der Waals surface area (Å²) in [5.41, 5.74) is 9.21. The first kappa shape index (κ1) is 20.1. The molecule has 0 unspecified atom stereocenters. The first-order valence-electron chi connectivity index (χ1n) is 8.33. The van der Waals surface area contributed by atoms with Crippen LogP contribution in [-0.2, 0) is 17.7 Å². The molecule has 2 aromatic carbocycles. The predicted octanol–water partition coefficient (Wildman–Crippen LogP) is 4.56. The van der Waals surface area contributed by atoms with Crippen molar-refractivity contribution >= 4 is 43.6 Å². The molecule has 0 aliphatic heterocycles. The van der Waals surface area contributed by atoms with E-state index in [0.717, 1.165) is 14.5 Å². The third-order valence-electron chi connectivity index (χ3n) is 4.28. The summed E-state index contributed by atoms with van der Waals surface area (Å²) in [7, 11) is 1.33. The van der Waals surface area contributed by atoms with Gasteiger partial charge in [-0.05, 0) is 42.3 Å². The van der Waals surface area contributed by atoms with Gasteiger partial charge < -0.3 is 10.5 Å². The number of nitrogen functional groups attached to an aromatic ring is 1. The Morgan fingerprint density at radius 3 is 2.61 bits per heavy atom. The Bertz CT molecular complexity index is 1070. The van der Waals surface area contributed by atoms with Crippen LogP contribution in [0.25, 0.3) is 11.3 Å². The standard InChI is InChI=1S/C20H16Br2N4O2/c1-28-20(27)13-4-2-12(3-5-13)18-16(11-23)19(24)26(25-18)9-8-14-10-15(21)6-7-17(14)22/h2-7,10H,8-9,24H2,1H3. The number of hydrogen-bond donors (Lipinski definition) is 1. The van der Waals surface area contributed by atoms with Crippen molar-refractivity contribution in [3.05, 3.63) is 68.1 Å². The molecule has 6 nitrogen and oxygen atoms in total. The minimum atomic E-state index is -0.420. The first-order valence-corrected chi connectivity index (χ1v) is 9.92. The first-order chi connectivity index (χ1) is 13.4. The normalized spacial score (nSPS) is 10.5. The Kier molecular flexibility index (Phi) is 6.17.